The third-order valence-corrected chi connectivity index (χ3v) is 2.94. The Morgan fingerprint density at radius 1 is 1.41 bits per heavy atom. The van der Waals surface area contributed by atoms with Crippen LogP contribution in [0.2, 0.25) is 0 Å². The molecule has 4 N–H and O–H groups in total. The summed E-state index contributed by atoms with van der Waals surface area (Å²) in [7, 11) is 0. The largest absolute Gasteiger partial charge is 0.394 e. The summed E-state index contributed by atoms with van der Waals surface area (Å²) in [6.45, 7) is 3.57. The average Bonchev–Trinajstić information content (AvgIpc) is 2.34. The van der Waals surface area contributed by atoms with E-state index in [9.17, 15) is 4.79 Å². The molecule has 1 aliphatic heterocycles. The highest BCUT2D eigenvalue weighted by Crippen LogP contribution is 2.09. The van der Waals surface area contributed by atoms with Crippen molar-refractivity contribution in [3.8, 4) is 0 Å². The molecule has 0 saturated carbocycles. The number of rotatable bonds is 7. The number of nitrogens with zero attached hydrogens (tertiary/aromatic N) is 1. The third-order valence-electron chi connectivity index (χ3n) is 2.94. The van der Waals surface area contributed by atoms with Gasteiger partial charge in [-0.05, 0) is 25.8 Å². The van der Waals surface area contributed by atoms with Crippen molar-refractivity contribution < 1.29 is 14.6 Å². The van der Waals surface area contributed by atoms with Crippen molar-refractivity contribution in [2.75, 3.05) is 39.5 Å². The number of amides is 2. The van der Waals surface area contributed by atoms with E-state index in [2.05, 4.69) is 5.32 Å². The lowest BCUT2D eigenvalue weighted by Crippen LogP contribution is -2.47. The summed E-state index contributed by atoms with van der Waals surface area (Å²) in [5.74, 6) is 0. The summed E-state index contributed by atoms with van der Waals surface area (Å²) in [6.07, 6.45) is 2.86. The summed E-state index contributed by atoms with van der Waals surface area (Å²) in [5, 5.41) is 11.9. The number of nitrogens with one attached hydrogen (secondary N) is 1. The molecule has 1 aliphatic rings. The Balaban J connectivity index is 1.97. The van der Waals surface area contributed by atoms with Gasteiger partial charge in [0, 0.05) is 25.7 Å². The Kier molecular flexibility index (Phi) is 6.91. The maximum absolute atomic E-state index is 10.9. The van der Waals surface area contributed by atoms with Crippen molar-refractivity contribution in [1.29, 1.82) is 0 Å². The van der Waals surface area contributed by atoms with Crippen LogP contribution in [0.25, 0.3) is 0 Å². The Morgan fingerprint density at radius 3 is 2.71 bits per heavy atom. The zero-order valence-corrected chi connectivity index (χ0v) is 10.2. The minimum atomic E-state index is -0.319. The van der Waals surface area contributed by atoms with Crippen molar-refractivity contribution in [3.05, 3.63) is 0 Å². The predicted octanol–water partition coefficient (Wildman–Crippen LogP) is -0.482. The maximum Gasteiger partial charge on any atom is 0.314 e. The number of piperidine rings is 1. The van der Waals surface area contributed by atoms with E-state index in [-0.39, 0.29) is 12.6 Å². The van der Waals surface area contributed by atoms with Crippen molar-refractivity contribution in [1.82, 2.24) is 10.2 Å². The number of urea groups is 1. The summed E-state index contributed by atoms with van der Waals surface area (Å²) in [6, 6.07) is 0.157. The minimum absolute atomic E-state index is 0.0823. The Bertz CT molecular complexity index is 218. The van der Waals surface area contributed by atoms with Gasteiger partial charge >= 0.3 is 6.03 Å². The molecule has 100 valence electrons. The van der Waals surface area contributed by atoms with Crippen LogP contribution >= 0.6 is 0 Å². The summed E-state index contributed by atoms with van der Waals surface area (Å²) in [5.41, 5.74) is 5.21. The number of hydrogen-bond acceptors (Lipinski definition) is 4. The number of carbonyl (C=O) groups excluding carboxylic acids is 1. The van der Waals surface area contributed by atoms with Gasteiger partial charge in [-0.2, -0.15) is 0 Å². The van der Waals surface area contributed by atoms with Gasteiger partial charge in [0.15, 0.2) is 0 Å². The van der Waals surface area contributed by atoms with Crippen LogP contribution in [0.15, 0.2) is 0 Å². The first-order valence-electron chi connectivity index (χ1n) is 6.20. The highest BCUT2D eigenvalue weighted by Gasteiger charge is 2.20. The number of ether oxygens (including phenoxy) is 1. The third kappa shape index (κ3) is 5.86. The maximum atomic E-state index is 10.9. The number of primary amides is 1. The van der Waals surface area contributed by atoms with Crippen LogP contribution in [0.4, 0.5) is 4.79 Å². The highest BCUT2D eigenvalue weighted by molar-refractivity contribution is 5.72. The molecule has 1 rings (SSSR count). The second-order valence-corrected chi connectivity index (χ2v) is 4.24. The Labute approximate surface area is 102 Å². The molecule has 0 spiro atoms. The van der Waals surface area contributed by atoms with Crippen molar-refractivity contribution in [2.45, 2.75) is 25.3 Å². The number of carbonyl (C=O) groups is 1. The lowest BCUT2D eigenvalue weighted by atomic mass is 10.1. The molecule has 0 aliphatic carbocycles. The van der Waals surface area contributed by atoms with Crippen molar-refractivity contribution in [2.24, 2.45) is 5.73 Å². The van der Waals surface area contributed by atoms with Crippen LogP contribution in [0.5, 0.6) is 0 Å². The van der Waals surface area contributed by atoms with E-state index in [1.807, 2.05) is 0 Å². The van der Waals surface area contributed by atoms with Crippen molar-refractivity contribution in [3.63, 3.8) is 0 Å². The lowest BCUT2D eigenvalue weighted by molar-refractivity contribution is 0.0899. The van der Waals surface area contributed by atoms with E-state index in [1.165, 1.54) is 0 Å². The van der Waals surface area contributed by atoms with E-state index in [0.717, 1.165) is 38.9 Å². The molecule has 1 heterocycles. The van der Waals surface area contributed by atoms with Crippen LogP contribution in [-0.4, -0.2) is 61.5 Å². The Morgan fingerprint density at radius 2 is 2.12 bits per heavy atom. The molecular weight excluding hydrogens is 222 g/mol. The van der Waals surface area contributed by atoms with Crippen LogP contribution in [0.1, 0.15) is 19.3 Å². The number of likely N-dealkylation sites (tertiary alicyclic amines) is 1. The van der Waals surface area contributed by atoms with Gasteiger partial charge in [0.2, 0.25) is 0 Å². The van der Waals surface area contributed by atoms with E-state index >= 15 is 0 Å². The molecule has 0 atom stereocenters. The SMILES string of the molecule is NC(=O)N1CCC(NCCCOCCO)CC1. The van der Waals surface area contributed by atoms with E-state index in [4.69, 9.17) is 15.6 Å². The molecule has 0 aromatic heterocycles. The molecule has 0 unspecified atom stereocenters. The van der Waals surface area contributed by atoms with Crippen molar-refractivity contribution >= 4 is 6.03 Å². The molecule has 0 radical (unpaired) electrons. The zero-order valence-electron chi connectivity index (χ0n) is 10.2. The average molecular weight is 245 g/mol. The van der Waals surface area contributed by atoms with Crippen LogP contribution in [-0.2, 0) is 4.74 Å². The van der Waals surface area contributed by atoms with E-state index in [1.54, 1.807) is 4.90 Å². The molecular formula is C11H23N3O3. The summed E-state index contributed by atoms with van der Waals surface area (Å²) < 4.78 is 5.16. The predicted molar refractivity (Wildman–Crippen MR) is 64.7 cm³/mol. The molecule has 0 aromatic carbocycles. The second-order valence-electron chi connectivity index (χ2n) is 4.24. The number of nitrogens with two attached hydrogens (primary N) is 1. The van der Waals surface area contributed by atoms with Gasteiger partial charge in [0.25, 0.3) is 0 Å². The van der Waals surface area contributed by atoms with E-state index in [0.29, 0.717) is 19.3 Å². The van der Waals surface area contributed by atoms with E-state index < -0.39 is 0 Å². The van der Waals surface area contributed by atoms with Crippen LogP contribution < -0.4 is 11.1 Å². The van der Waals surface area contributed by atoms with Gasteiger partial charge in [-0.25, -0.2) is 4.79 Å². The normalized spacial score (nSPS) is 17.4. The molecule has 1 saturated heterocycles. The van der Waals surface area contributed by atoms with Crippen LogP contribution in [0.3, 0.4) is 0 Å². The smallest absolute Gasteiger partial charge is 0.314 e. The fourth-order valence-corrected chi connectivity index (χ4v) is 1.95. The van der Waals surface area contributed by atoms with Gasteiger partial charge < -0.3 is 25.8 Å². The van der Waals surface area contributed by atoms with Crippen LogP contribution in [0, 0.1) is 0 Å². The molecule has 6 heteroatoms. The highest BCUT2D eigenvalue weighted by atomic mass is 16.5. The lowest BCUT2D eigenvalue weighted by Gasteiger charge is -2.31. The monoisotopic (exact) mass is 245 g/mol. The first kappa shape index (κ1) is 14.2. The summed E-state index contributed by atoms with van der Waals surface area (Å²) in [4.78, 5) is 12.6. The van der Waals surface area contributed by atoms with Gasteiger partial charge in [0.05, 0.1) is 13.2 Å². The zero-order chi connectivity index (χ0) is 12.5. The Hall–Kier alpha value is -0.850. The first-order chi connectivity index (χ1) is 8.24. The standard InChI is InChI=1S/C11H23N3O3/c12-11(16)14-5-2-10(3-6-14)13-4-1-8-17-9-7-15/h10,13,15H,1-9H2,(H2,12,16). The summed E-state index contributed by atoms with van der Waals surface area (Å²) >= 11 is 0. The molecule has 1 fully saturated rings. The fraction of sp³-hybridized carbons (Fsp3) is 0.909. The molecule has 2 amide bonds. The van der Waals surface area contributed by atoms with Gasteiger partial charge in [0.1, 0.15) is 0 Å². The number of aliphatic hydroxyl groups is 1. The topological polar surface area (TPSA) is 87.8 Å². The molecule has 0 bridgehead atoms. The fourth-order valence-electron chi connectivity index (χ4n) is 1.95. The van der Waals surface area contributed by atoms with Gasteiger partial charge in [-0.15, -0.1) is 0 Å². The molecule has 0 aromatic rings. The first-order valence-corrected chi connectivity index (χ1v) is 6.20. The second kappa shape index (κ2) is 8.27. The number of aliphatic hydroxyl groups excluding tert-OH is 1. The molecule has 17 heavy (non-hydrogen) atoms. The van der Waals surface area contributed by atoms with Gasteiger partial charge in [-0.3, -0.25) is 0 Å². The number of hydrogen-bond donors (Lipinski definition) is 3. The quantitative estimate of drug-likeness (QED) is 0.529. The minimum Gasteiger partial charge on any atom is -0.394 e. The van der Waals surface area contributed by atoms with Gasteiger partial charge in [-0.1, -0.05) is 0 Å². The molecule has 6 nitrogen and oxygen atoms in total.